The fourth-order valence-corrected chi connectivity index (χ4v) is 2.38. The normalized spacial score (nSPS) is 31.1. The van der Waals surface area contributed by atoms with Crippen LogP contribution in [0.25, 0.3) is 0 Å². The number of rotatable bonds is 5. The second kappa shape index (κ2) is 6.42. The van der Waals surface area contributed by atoms with Crippen LogP contribution in [0.2, 0.25) is 0 Å². The monoisotopic (exact) mass is 337 g/mol. The van der Waals surface area contributed by atoms with E-state index in [0.717, 1.165) is 11.7 Å². The van der Waals surface area contributed by atoms with Crippen LogP contribution in [0.15, 0.2) is 17.1 Å². The number of aliphatic hydroxyl groups excluding tert-OH is 2. The fraction of sp³-hybridized carbons (Fsp3) is 0.600. The van der Waals surface area contributed by atoms with Crippen molar-refractivity contribution in [2.75, 3.05) is 19.5 Å². The molecule has 0 saturated carbocycles. The van der Waals surface area contributed by atoms with Crippen LogP contribution in [0.5, 0.6) is 0 Å². The maximum atomic E-state index is 11.7. The summed E-state index contributed by atoms with van der Waals surface area (Å²) < 4.78 is 26.2. The molecule has 1 saturated heterocycles. The topological polar surface area (TPSA) is 166 Å². The second-order valence-electron chi connectivity index (χ2n) is 4.54. The van der Waals surface area contributed by atoms with Crippen molar-refractivity contribution in [2.24, 2.45) is 0 Å². The minimum absolute atomic E-state index is 0.00418. The third kappa shape index (κ3) is 3.52. The van der Waals surface area contributed by atoms with Crippen molar-refractivity contribution in [2.45, 2.75) is 24.5 Å². The van der Waals surface area contributed by atoms with Crippen molar-refractivity contribution in [1.82, 2.24) is 9.55 Å². The van der Waals surface area contributed by atoms with Crippen LogP contribution in [0, 0.1) is 0 Å². The van der Waals surface area contributed by atoms with Crippen molar-refractivity contribution < 1.29 is 33.5 Å². The quantitative estimate of drug-likeness (QED) is 0.450. The number of nitrogens with two attached hydrogens (primary N) is 1. The summed E-state index contributed by atoms with van der Waals surface area (Å²) >= 11 is 0. The summed E-state index contributed by atoms with van der Waals surface area (Å²) in [6.07, 6.45) is -4.02. The van der Waals surface area contributed by atoms with Crippen molar-refractivity contribution in [3.05, 3.63) is 22.7 Å². The molecule has 2 heterocycles. The number of phosphoric ester groups is 1. The van der Waals surface area contributed by atoms with Gasteiger partial charge in [-0.2, -0.15) is 4.98 Å². The lowest BCUT2D eigenvalue weighted by Gasteiger charge is -2.17. The van der Waals surface area contributed by atoms with Gasteiger partial charge in [0.05, 0.1) is 6.61 Å². The SMILES string of the molecule is COP(=O)(O)OCC1OC(n2ccc(N)nc2=O)[C@H](O)[C@@H]1O. The summed E-state index contributed by atoms with van der Waals surface area (Å²) in [5, 5.41) is 19.8. The molecule has 1 aromatic heterocycles. The van der Waals surface area contributed by atoms with E-state index in [-0.39, 0.29) is 5.82 Å². The number of nitrogen functional groups attached to an aromatic ring is 1. The molecule has 11 nitrogen and oxygen atoms in total. The van der Waals surface area contributed by atoms with Gasteiger partial charge in [0, 0.05) is 13.3 Å². The highest BCUT2D eigenvalue weighted by Gasteiger charge is 2.45. The van der Waals surface area contributed by atoms with Gasteiger partial charge in [0.2, 0.25) is 0 Å². The van der Waals surface area contributed by atoms with Crippen LogP contribution >= 0.6 is 7.82 Å². The summed E-state index contributed by atoms with van der Waals surface area (Å²) in [7, 11) is -3.27. The summed E-state index contributed by atoms with van der Waals surface area (Å²) in [6.45, 7) is -0.520. The molecule has 5 N–H and O–H groups in total. The zero-order valence-electron chi connectivity index (χ0n) is 11.5. The van der Waals surface area contributed by atoms with Crippen LogP contribution < -0.4 is 11.4 Å². The molecule has 22 heavy (non-hydrogen) atoms. The van der Waals surface area contributed by atoms with E-state index < -0.39 is 44.7 Å². The first-order valence-electron chi connectivity index (χ1n) is 6.14. The molecular weight excluding hydrogens is 321 g/mol. The zero-order chi connectivity index (χ0) is 16.5. The highest BCUT2D eigenvalue weighted by atomic mass is 31.2. The predicted molar refractivity (Wildman–Crippen MR) is 71.6 cm³/mol. The van der Waals surface area contributed by atoms with E-state index in [1.807, 2.05) is 0 Å². The van der Waals surface area contributed by atoms with E-state index in [0.29, 0.717) is 0 Å². The average molecular weight is 337 g/mol. The number of hydrogen-bond acceptors (Lipinski definition) is 9. The lowest BCUT2D eigenvalue weighted by molar-refractivity contribution is -0.0546. The molecule has 0 spiro atoms. The third-order valence-corrected chi connectivity index (χ3v) is 4.03. The van der Waals surface area contributed by atoms with Gasteiger partial charge in [0.1, 0.15) is 24.1 Å². The maximum absolute atomic E-state index is 11.7. The Kier molecular flexibility index (Phi) is 4.97. The standard InChI is InChI=1S/C10H16N3O8P/c1-19-22(17,18)20-4-5-7(14)8(15)9(21-5)13-3-2-6(11)12-10(13)16/h2-3,5,7-9,14-15H,4H2,1H3,(H,17,18)(H2,11,12,16)/t5?,7-,8-,9?/m1/s1. The number of phosphoric acid groups is 1. The van der Waals surface area contributed by atoms with Gasteiger partial charge < -0.3 is 25.6 Å². The van der Waals surface area contributed by atoms with Gasteiger partial charge in [-0.25, -0.2) is 9.36 Å². The van der Waals surface area contributed by atoms with Crippen LogP contribution in [0.3, 0.4) is 0 Å². The van der Waals surface area contributed by atoms with Gasteiger partial charge in [-0.1, -0.05) is 0 Å². The molecule has 0 bridgehead atoms. The molecule has 1 aliphatic heterocycles. The van der Waals surface area contributed by atoms with E-state index in [4.69, 9.17) is 15.4 Å². The van der Waals surface area contributed by atoms with Crippen molar-refractivity contribution >= 4 is 13.6 Å². The van der Waals surface area contributed by atoms with Gasteiger partial charge in [-0.3, -0.25) is 13.6 Å². The average Bonchev–Trinajstić information content (AvgIpc) is 2.73. The Morgan fingerprint density at radius 2 is 2.18 bits per heavy atom. The third-order valence-electron chi connectivity index (χ3n) is 3.10. The Labute approximate surface area is 124 Å². The summed E-state index contributed by atoms with van der Waals surface area (Å²) in [5.74, 6) is -0.00418. The van der Waals surface area contributed by atoms with E-state index in [1.165, 1.54) is 12.3 Å². The van der Waals surface area contributed by atoms with E-state index >= 15 is 0 Å². The summed E-state index contributed by atoms with van der Waals surface area (Å²) in [6, 6.07) is 1.32. The Bertz CT molecular complexity index is 637. The summed E-state index contributed by atoms with van der Waals surface area (Å²) in [4.78, 5) is 24.3. The van der Waals surface area contributed by atoms with Crippen LogP contribution in [0.1, 0.15) is 6.23 Å². The molecule has 1 aliphatic rings. The van der Waals surface area contributed by atoms with Crippen LogP contribution in [-0.4, -0.2) is 56.7 Å². The van der Waals surface area contributed by atoms with Crippen LogP contribution in [-0.2, 0) is 18.3 Å². The largest absolute Gasteiger partial charge is 0.472 e. The van der Waals surface area contributed by atoms with Crippen molar-refractivity contribution in [3.63, 3.8) is 0 Å². The Morgan fingerprint density at radius 3 is 2.77 bits per heavy atom. The van der Waals surface area contributed by atoms with Gasteiger partial charge in [-0.15, -0.1) is 0 Å². The minimum atomic E-state index is -4.25. The second-order valence-corrected chi connectivity index (χ2v) is 6.10. The molecule has 1 aromatic rings. The summed E-state index contributed by atoms with van der Waals surface area (Å²) in [5.41, 5.74) is 4.58. The van der Waals surface area contributed by atoms with E-state index in [1.54, 1.807) is 0 Å². The molecule has 5 atom stereocenters. The molecule has 0 amide bonds. The van der Waals surface area contributed by atoms with Gasteiger partial charge in [-0.05, 0) is 6.07 Å². The number of aliphatic hydroxyl groups is 2. The zero-order valence-corrected chi connectivity index (χ0v) is 12.4. The van der Waals surface area contributed by atoms with E-state index in [9.17, 15) is 19.6 Å². The number of hydrogen-bond donors (Lipinski definition) is 4. The first kappa shape index (κ1) is 17.0. The van der Waals surface area contributed by atoms with Gasteiger partial charge in [0.15, 0.2) is 6.23 Å². The molecule has 124 valence electrons. The number of ether oxygens (including phenoxy) is 1. The Hall–Kier alpha value is -1.33. The lowest BCUT2D eigenvalue weighted by Crippen LogP contribution is -2.36. The molecule has 0 aliphatic carbocycles. The Balaban J connectivity index is 2.13. The molecule has 2 rings (SSSR count). The van der Waals surface area contributed by atoms with Crippen LogP contribution in [0.4, 0.5) is 5.82 Å². The molecule has 3 unspecified atom stereocenters. The van der Waals surface area contributed by atoms with Crippen molar-refractivity contribution in [1.29, 1.82) is 0 Å². The fourth-order valence-electron chi connectivity index (χ4n) is 1.94. The highest BCUT2D eigenvalue weighted by Crippen LogP contribution is 2.43. The first-order chi connectivity index (χ1) is 10.2. The molecule has 1 fully saturated rings. The molecule has 0 radical (unpaired) electrons. The molecule has 0 aromatic carbocycles. The van der Waals surface area contributed by atoms with E-state index in [2.05, 4.69) is 14.0 Å². The minimum Gasteiger partial charge on any atom is -0.387 e. The number of anilines is 1. The predicted octanol–water partition coefficient (Wildman–Crippen LogP) is -1.79. The lowest BCUT2D eigenvalue weighted by atomic mass is 10.1. The highest BCUT2D eigenvalue weighted by molar-refractivity contribution is 7.47. The Morgan fingerprint density at radius 1 is 1.50 bits per heavy atom. The van der Waals surface area contributed by atoms with Gasteiger partial charge in [0.25, 0.3) is 0 Å². The van der Waals surface area contributed by atoms with Gasteiger partial charge >= 0.3 is 13.5 Å². The molecule has 12 heteroatoms. The first-order valence-corrected chi connectivity index (χ1v) is 7.64. The smallest absolute Gasteiger partial charge is 0.387 e. The molecular formula is C10H16N3O8P. The maximum Gasteiger partial charge on any atom is 0.472 e. The number of nitrogens with zero attached hydrogens (tertiary/aromatic N) is 2. The number of aromatic nitrogens is 2. The van der Waals surface area contributed by atoms with Crippen molar-refractivity contribution in [3.8, 4) is 0 Å².